The average Bonchev–Trinajstić information content (AvgIpc) is 3.33. The standard InChI is InChI=1S/C18H20N2O5/c1-24-15-8-12(10-19)2-3-14(15)25-11-16(21)20-6-4-18(5-7-20)9-13(18)17(22)23/h2-3,8,13H,4-7,9,11H2,1H3,(H,22,23). The molecule has 7 nitrogen and oxygen atoms in total. The molecular weight excluding hydrogens is 324 g/mol. The van der Waals surface area contributed by atoms with Crippen molar-refractivity contribution in [2.24, 2.45) is 11.3 Å². The number of rotatable bonds is 5. The molecular formula is C18H20N2O5. The van der Waals surface area contributed by atoms with E-state index in [0.717, 1.165) is 19.3 Å². The lowest BCUT2D eigenvalue weighted by Gasteiger charge is -2.32. The summed E-state index contributed by atoms with van der Waals surface area (Å²) in [6, 6.07) is 6.79. The molecule has 0 bridgehead atoms. The molecule has 1 spiro atoms. The van der Waals surface area contributed by atoms with Crippen molar-refractivity contribution in [1.82, 2.24) is 4.90 Å². The lowest BCUT2D eigenvalue weighted by molar-refractivity contribution is -0.140. The van der Waals surface area contributed by atoms with Gasteiger partial charge < -0.3 is 19.5 Å². The Morgan fingerprint density at radius 3 is 2.64 bits per heavy atom. The predicted molar refractivity (Wildman–Crippen MR) is 87.2 cm³/mol. The van der Waals surface area contributed by atoms with Crippen LogP contribution in [0.5, 0.6) is 11.5 Å². The Bertz CT molecular complexity index is 731. The summed E-state index contributed by atoms with van der Waals surface area (Å²) in [5.74, 6) is -0.281. The van der Waals surface area contributed by atoms with Gasteiger partial charge in [-0.25, -0.2) is 0 Å². The number of carboxylic acid groups (broad SMARTS) is 1. The van der Waals surface area contributed by atoms with E-state index in [1.165, 1.54) is 7.11 Å². The highest BCUT2D eigenvalue weighted by molar-refractivity contribution is 5.78. The number of hydrogen-bond acceptors (Lipinski definition) is 5. The van der Waals surface area contributed by atoms with Crippen LogP contribution in [0.25, 0.3) is 0 Å². The van der Waals surface area contributed by atoms with Gasteiger partial charge in [0.2, 0.25) is 0 Å². The molecule has 1 amide bonds. The van der Waals surface area contributed by atoms with Gasteiger partial charge in [0.15, 0.2) is 18.1 Å². The van der Waals surface area contributed by atoms with Crippen molar-refractivity contribution in [2.45, 2.75) is 19.3 Å². The molecule has 0 radical (unpaired) electrons. The van der Waals surface area contributed by atoms with Crippen LogP contribution in [0, 0.1) is 22.7 Å². The van der Waals surface area contributed by atoms with Crippen LogP contribution < -0.4 is 9.47 Å². The van der Waals surface area contributed by atoms with E-state index in [1.54, 1.807) is 23.1 Å². The van der Waals surface area contributed by atoms with E-state index in [-0.39, 0.29) is 23.8 Å². The summed E-state index contributed by atoms with van der Waals surface area (Å²) < 4.78 is 10.7. The van der Waals surface area contributed by atoms with Gasteiger partial charge in [0.1, 0.15) is 0 Å². The second-order valence-electron chi connectivity index (χ2n) is 6.60. The summed E-state index contributed by atoms with van der Waals surface area (Å²) >= 11 is 0. The molecule has 3 rings (SSSR count). The number of amides is 1. The number of ether oxygens (including phenoxy) is 2. The maximum atomic E-state index is 12.3. The number of aliphatic carboxylic acids is 1. The maximum absolute atomic E-state index is 12.3. The number of likely N-dealkylation sites (tertiary alicyclic amines) is 1. The molecule has 1 heterocycles. The zero-order chi connectivity index (χ0) is 18.0. The van der Waals surface area contributed by atoms with Gasteiger partial charge in [0.25, 0.3) is 5.91 Å². The predicted octanol–water partition coefficient (Wildman–Crippen LogP) is 1.66. The van der Waals surface area contributed by atoms with Crippen molar-refractivity contribution in [1.29, 1.82) is 5.26 Å². The first-order valence-electron chi connectivity index (χ1n) is 8.20. The molecule has 1 N–H and O–H groups in total. The fourth-order valence-corrected chi connectivity index (χ4v) is 3.54. The minimum absolute atomic E-state index is 0.0974. The molecule has 1 unspecified atom stereocenters. The fraction of sp³-hybridized carbons (Fsp3) is 0.500. The summed E-state index contributed by atoms with van der Waals surface area (Å²) in [6.07, 6.45) is 2.19. The molecule has 0 aromatic heterocycles. The SMILES string of the molecule is COc1cc(C#N)ccc1OCC(=O)N1CCC2(CC1)CC2C(=O)O. The molecule has 1 atom stereocenters. The lowest BCUT2D eigenvalue weighted by Crippen LogP contribution is -2.42. The van der Waals surface area contributed by atoms with Crippen LogP contribution in [0.3, 0.4) is 0 Å². The number of hydrogen-bond donors (Lipinski definition) is 1. The fourth-order valence-electron chi connectivity index (χ4n) is 3.54. The Morgan fingerprint density at radius 2 is 2.08 bits per heavy atom. The summed E-state index contributed by atoms with van der Waals surface area (Å²) in [5.41, 5.74) is 0.356. The van der Waals surface area contributed by atoms with Gasteiger partial charge in [0.05, 0.1) is 24.7 Å². The number of benzene rings is 1. The van der Waals surface area contributed by atoms with Crippen LogP contribution in [-0.4, -0.2) is 48.7 Å². The Hall–Kier alpha value is -2.75. The van der Waals surface area contributed by atoms with Gasteiger partial charge in [-0.1, -0.05) is 0 Å². The number of carbonyl (C=O) groups excluding carboxylic acids is 1. The minimum Gasteiger partial charge on any atom is -0.493 e. The molecule has 2 fully saturated rings. The van der Waals surface area contributed by atoms with Crippen LogP contribution in [0.4, 0.5) is 0 Å². The molecule has 25 heavy (non-hydrogen) atoms. The summed E-state index contributed by atoms with van der Waals surface area (Å²) in [4.78, 5) is 25.1. The van der Waals surface area contributed by atoms with Gasteiger partial charge in [-0.05, 0) is 36.8 Å². The molecule has 1 aromatic rings. The van der Waals surface area contributed by atoms with E-state index >= 15 is 0 Å². The van der Waals surface area contributed by atoms with Crippen LogP contribution in [0.15, 0.2) is 18.2 Å². The topological polar surface area (TPSA) is 99.9 Å². The summed E-state index contributed by atoms with van der Waals surface area (Å²) in [5, 5.41) is 18.0. The summed E-state index contributed by atoms with van der Waals surface area (Å²) in [6.45, 7) is 1.02. The quantitative estimate of drug-likeness (QED) is 0.872. The molecule has 1 aliphatic carbocycles. The van der Waals surface area contributed by atoms with Gasteiger partial charge in [-0.3, -0.25) is 9.59 Å². The van der Waals surface area contributed by atoms with Gasteiger partial charge in [0, 0.05) is 19.2 Å². The first-order chi connectivity index (χ1) is 12.0. The average molecular weight is 344 g/mol. The maximum Gasteiger partial charge on any atom is 0.307 e. The molecule has 1 saturated carbocycles. The highest BCUT2D eigenvalue weighted by atomic mass is 16.5. The molecule has 132 valence electrons. The third kappa shape index (κ3) is 3.38. The molecule has 2 aliphatic rings. The van der Waals surface area contributed by atoms with Crippen LogP contribution in [0.1, 0.15) is 24.8 Å². The van der Waals surface area contributed by atoms with Gasteiger partial charge in [-0.15, -0.1) is 0 Å². The lowest BCUT2D eigenvalue weighted by atomic mass is 9.91. The second kappa shape index (κ2) is 6.63. The smallest absolute Gasteiger partial charge is 0.307 e. The Labute approximate surface area is 145 Å². The van der Waals surface area contributed by atoms with E-state index in [1.807, 2.05) is 6.07 Å². The first kappa shape index (κ1) is 17.1. The highest BCUT2D eigenvalue weighted by Gasteiger charge is 2.59. The molecule has 1 saturated heterocycles. The molecule has 1 aromatic carbocycles. The number of carboxylic acids is 1. The van der Waals surface area contributed by atoms with Crippen LogP contribution in [0.2, 0.25) is 0 Å². The number of nitrogens with zero attached hydrogens (tertiary/aromatic N) is 2. The van der Waals surface area contributed by atoms with Crippen molar-refractivity contribution in [3.05, 3.63) is 23.8 Å². The van der Waals surface area contributed by atoms with E-state index in [2.05, 4.69) is 0 Å². The third-order valence-electron chi connectivity index (χ3n) is 5.24. The number of nitriles is 1. The van der Waals surface area contributed by atoms with Crippen molar-refractivity contribution in [3.8, 4) is 17.6 Å². The summed E-state index contributed by atoms with van der Waals surface area (Å²) in [7, 11) is 1.48. The monoisotopic (exact) mass is 344 g/mol. The van der Waals surface area contributed by atoms with Gasteiger partial charge >= 0.3 is 5.97 Å². The second-order valence-corrected chi connectivity index (χ2v) is 6.60. The van der Waals surface area contributed by atoms with Crippen molar-refractivity contribution in [3.63, 3.8) is 0 Å². The number of methoxy groups -OCH3 is 1. The van der Waals surface area contributed by atoms with Crippen LogP contribution >= 0.6 is 0 Å². The van der Waals surface area contributed by atoms with Crippen molar-refractivity contribution >= 4 is 11.9 Å². The van der Waals surface area contributed by atoms with Crippen molar-refractivity contribution < 1.29 is 24.2 Å². The number of carbonyl (C=O) groups is 2. The van der Waals surface area contributed by atoms with Crippen LogP contribution in [-0.2, 0) is 9.59 Å². The molecule has 7 heteroatoms. The van der Waals surface area contributed by atoms with E-state index in [9.17, 15) is 9.59 Å². The number of piperidine rings is 1. The first-order valence-corrected chi connectivity index (χ1v) is 8.20. The minimum atomic E-state index is -0.726. The zero-order valence-electron chi connectivity index (χ0n) is 14.0. The van der Waals surface area contributed by atoms with E-state index < -0.39 is 5.97 Å². The zero-order valence-corrected chi connectivity index (χ0v) is 14.0. The van der Waals surface area contributed by atoms with Crippen molar-refractivity contribution in [2.75, 3.05) is 26.8 Å². The Kier molecular flexibility index (Phi) is 4.53. The van der Waals surface area contributed by atoms with E-state index in [0.29, 0.717) is 30.2 Å². The Morgan fingerprint density at radius 1 is 1.36 bits per heavy atom. The Balaban J connectivity index is 1.53. The van der Waals surface area contributed by atoms with E-state index in [4.69, 9.17) is 19.8 Å². The molecule has 1 aliphatic heterocycles. The highest BCUT2D eigenvalue weighted by Crippen LogP contribution is 2.59. The largest absolute Gasteiger partial charge is 0.493 e. The van der Waals surface area contributed by atoms with Gasteiger partial charge in [-0.2, -0.15) is 5.26 Å². The third-order valence-corrected chi connectivity index (χ3v) is 5.24. The normalized spacial score (nSPS) is 20.6.